The Labute approximate surface area is 152 Å². The molecule has 3 aromatic rings. The predicted molar refractivity (Wildman–Crippen MR) is 98.8 cm³/mol. The minimum atomic E-state index is -4.07. The van der Waals surface area contributed by atoms with E-state index in [9.17, 15) is 13.2 Å². The van der Waals surface area contributed by atoms with Crippen molar-refractivity contribution >= 4 is 16.1 Å². The number of rotatable bonds is 5. The van der Waals surface area contributed by atoms with Crippen molar-refractivity contribution in [1.29, 1.82) is 0 Å². The second kappa shape index (κ2) is 7.84. The number of nitrogens with one attached hydrogen (secondary N) is 1. The van der Waals surface area contributed by atoms with Crippen LogP contribution < -0.4 is 4.72 Å². The topological polar surface area (TPSA) is 72.5 Å². The molecule has 0 unspecified atom stereocenters. The van der Waals surface area contributed by atoms with Crippen LogP contribution in [-0.2, 0) is 21.4 Å². The smallest absolute Gasteiger partial charge is 0.421 e. The first-order valence-corrected chi connectivity index (χ1v) is 9.42. The van der Waals surface area contributed by atoms with Crippen LogP contribution in [0.4, 0.5) is 4.79 Å². The number of carbonyl (C=O) groups is 1. The van der Waals surface area contributed by atoms with Gasteiger partial charge in [-0.2, -0.15) is 0 Å². The molecule has 0 spiro atoms. The van der Waals surface area contributed by atoms with Crippen molar-refractivity contribution < 1.29 is 17.9 Å². The fourth-order valence-corrected chi connectivity index (χ4v) is 3.60. The molecule has 6 heteroatoms. The summed E-state index contributed by atoms with van der Waals surface area (Å²) in [6.45, 7) is -0.0114. The Balaban J connectivity index is 1.77. The van der Waals surface area contributed by atoms with E-state index in [2.05, 4.69) is 0 Å². The molecule has 5 nitrogen and oxygen atoms in total. The van der Waals surface area contributed by atoms with Gasteiger partial charge in [0.25, 0.3) is 10.0 Å². The Bertz CT molecular complexity index is 987. The summed E-state index contributed by atoms with van der Waals surface area (Å²) < 4.78 is 32.2. The van der Waals surface area contributed by atoms with Crippen LogP contribution in [-0.4, -0.2) is 14.5 Å². The average Bonchev–Trinajstić information content (AvgIpc) is 2.67. The first kappa shape index (κ1) is 17.7. The Hall–Kier alpha value is -3.12. The van der Waals surface area contributed by atoms with E-state index in [-0.39, 0.29) is 11.5 Å². The first-order chi connectivity index (χ1) is 12.6. The Morgan fingerprint density at radius 1 is 0.808 bits per heavy atom. The average molecular weight is 367 g/mol. The quantitative estimate of drug-likeness (QED) is 0.741. The predicted octanol–water partition coefficient (Wildman–Crippen LogP) is 3.97. The third-order valence-electron chi connectivity index (χ3n) is 3.69. The standard InChI is InChI=1S/C20H17NO4S/c22-20(25-15-16-9-3-1-4-10-16)21-26(23,24)19-14-8-7-13-18(19)17-11-5-2-6-12-17/h1-14H,15H2,(H,21,22). The fourth-order valence-electron chi connectivity index (χ4n) is 2.47. The molecule has 0 heterocycles. The van der Waals surface area contributed by atoms with Gasteiger partial charge < -0.3 is 4.74 Å². The maximum atomic E-state index is 12.6. The van der Waals surface area contributed by atoms with E-state index in [1.165, 1.54) is 6.07 Å². The van der Waals surface area contributed by atoms with E-state index >= 15 is 0 Å². The lowest BCUT2D eigenvalue weighted by Gasteiger charge is -2.12. The zero-order valence-corrected chi connectivity index (χ0v) is 14.6. The number of ether oxygens (including phenoxy) is 1. The van der Waals surface area contributed by atoms with Gasteiger partial charge in [-0.15, -0.1) is 0 Å². The van der Waals surface area contributed by atoms with Crippen LogP contribution in [0, 0.1) is 0 Å². The van der Waals surface area contributed by atoms with Crippen molar-refractivity contribution in [3.63, 3.8) is 0 Å². The molecular formula is C20H17NO4S. The lowest BCUT2D eigenvalue weighted by Crippen LogP contribution is -2.31. The summed E-state index contributed by atoms with van der Waals surface area (Å²) in [6, 6.07) is 24.6. The second-order valence-electron chi connectivity index (χ2n) is 5.53. The molecule has 0 aromatic heterocycles. The van der Waals surface area contributed by atoms with E-state index in [1.54, 1.807) is 30.3 Å². The molecule has 1 N–H and O–H groups in total. The molecule has 0 radical (unpaired) electrons. The molecule has 26 heavy (non-hydrogen) atoms. The minimum absolute atomic E-state index is 0.0114. The van der Waals surface area contributed by atoms with Crippen molar-refractivity contribution in [2.45, 2.75) is 11.5 Å². The van der Waals surface area contributed by atoms with Gasteiger partial charge in [0.1, 0.15) is 6.61 Å². The summed E-state index contributed by atoms with van der Waals surface area (Å²) in [7, 11) is -4.07. The molecule has 0 saturated heterocycles. The van der Waals surface area contributed by atoms with Crippen LogP contribution >= 0.6 is 0 Å². The fraction of sp³-hybridized carbons (Fsp3) is 0.0500. The maximum Gasteiger partial charge on any atom is 0.421 e. The third-order valence-corrected chi connectivity index (χ3v) is 5.06. The molecular weight excluding hydrogens is 350 g/mol. The van der Waals surface area contributed by atoms with Gasteiger partial charge in [0.2, 0.25) is 0 Å². The zero-order valence-electron chi connectivity index (χ0n) is 13.8. The lowest BCUT2D eigenvalue weighted by molar-refractivity contribution is 0.146. The van der Waals surface area contributed by atoms with Gasteiger partial charge in [-0.1, -0.05) is 78.9 Å². The molecule has 3 aromatic carbocycles. The highest BCUT2D eigenvalue weighted by atomic mass is 32.2. The lowest BCUT2D eigenvalue weighted by atomic mass is 10.1. The number of sulfonamides is 1. The van der Waals surface area contributed by atoms with Crippen LogP contribution in [0.15, 0.2) is 89.8 Å². The van der Waals surface area contributed by atoms with E-state index in [0.29, 0.717) is 5.56 Å². The minimum Gasteiger partial charge on any atom is -0.444 e. The summed E-state index contributed by atoms with van der Waals surface area (Å²) in [6.07, 6.45) is -1.02. The molecule has 132 valence electrons. The number of amides is 1. The Morgan fingerprint density at radius 2 is 1.38 bits per heavy atom. The van der Waals surface area contributed by atoms with Gasteiger partial charge >= 0.3 is 6.09 Å². The first-order valence-electron chi connectivity index (χ1n) is 7.94. The largest absolute Gasteiger partial charge is 0.444 e. The van der Waals surface area contributed by atoms with Crippen molar-refractivity contribution in [3.05, 3.63) is 90.5 Å². The van der Waals surface area contributed by atoms with Crippen molar-refractivity contribution in [2.24, 2.45) is 0 Å². The SMILES string of the molecule is O=C(NS(=O)(=O)c1ccccc1-c1ccccc1)OCc1ccccc1. The van der Waals surface area contributed by atoms with Gasteiger partial charge in [0.15, 0.2) is 0 Å². The molecule has 3 rings (SSSR count). The Kier molecular flexibility index (Phi) is 5.34. The van der Waals surface area contributed by atoms with Crippen LogP contribution in [0.3, 0.4) is 0 Å². The molecule has 0 aliphatic heterocycles. The van der Waals surface area contributed by atoms with Gasteiger partial charge in [-0.05, 0) is 17.2 Å². The van der Waals surface area contributed by atoms with Crippen LogP contribution in [0.5, 0.6) is 0 Å². The molecule has 0 saturated carbocycles. The van der Waals surface area contributed by atoms with E-state index in [4.69, 9.17) is 4.74 Å². The normalized spacial score (nSPS) is 10.9. The molecule has 0 aliphatic rings. The number of hydrogen-bond acceptors (Lipinski definition) is 4. The highest BCUT2D eigenvalue weighted by Gasteiger charge is 2.22. The molecule has 0 aliphatic carbocycles. The van der Waals surface area contributed by atoms with E-state index in [0.717, 1.165) is 11.1 Å². The molecule has 1 amide bonds. The van der Waals surface area contributed by atoms with Gasteiger partial charge in [-0.3, -0.25) is 0 Å². The number of benzene rings is 3. The number of hydrogen-bond donors (Lipinski definition) is 1. The van der Waals surface area contributed by atoms with Gasteiger partial charge in [-0.25, -0.2) is 17.9 Å². The van der Waals surface area contributed by atoms with Crippen molar-refractivity contribution in [2.75, 3.05) is 0 Å². The second-order valence-corrected chi connectivity index (χ2v) is 7.18. The monoisotopic (exact) mass is 367 g/mol. The molecule has 0 atom stereocenters. The zero-order chi connectivity index (χ0) is 18.4. The molecule has 0 fully saturated rings. The summed E-state index contributed by atoms with van der Waals surface area (Å²) >= 11 is 0. The van der Waals surface area contributed by atoms with Crippen LogP contribution in [0.2, 0.25) is 0 Å². The van der Waals surface area contributed by atoms with Crippen molar-refractivity contribution in [3.8, 4) is 11.1 Å². The van der Waals surface area contributed by atoms with Crippen molar-refractivity contribution in [1.82, 2.24) is 4.72 Å². The summed E-state index contributed by atoms with van der Waals surface area (Å²) in [5, 5.41) is 0. The van der Waals surface area contributed by atoms with Crippen LogP contribution in [0.25, 0.3) is 11.1 Å². The Morgan fingerprint density at radius 3 is 2.08 bits per heavy atom. The van der Waals surface area contributed by atoms with E-state index in [1.807, 2.05) is 53.3 Å². The van der Waals surface area contributed by atoms with E-state index < -0.39 is 16.1 Å². The van der Waals surface area contributed by atoms with Crippen LogP contribution in [0.1, 0.15) is 5.56 Å². The number of carbonyl (C=O) groups excluding carboxylic acids is 1. The maximum absolute atomic E-state index is 12.6. The summed E-state index contributed by atoms with van der Waals surface area (Å²) in [5.74, 6) is 0. The highest BCUT2D eigenvalue weighted by Crippen LogP contribution is 2.26. The third kappa shape index (κ3) is 4.29. The van der Waals surface area contributed by atoms with Gasteiger partial charge in [0, 0.05) is 5.56 Å². The summed E-state index contributed by atoms with van der Waals surface area (Å²) in [4.78, 5) is 12.0. The van der Waals surface area contributed by atoms with Gasteiger partial charge in [0.05, 0.1) is 4.90 Å². The molecule has 0 bridgehead atoms. The summed E-state index contributed by atoms with van der Waals surface area (Å²) in [5.41, 5.74) is 2.02. The highest BCUT2D eigenvalue weighted by molar-refractivity contribution is 7.90.